The predicted octanol–water partition coefficient (Wildman–Crippen LogP) is 0.687. The van der Waals surface area contributed by atoms with Crippen LogP contribution in [0.1, 0.15) is 6.92 Å². The quantitative estimate of drug-likeness (QED) is 0.777. The molecule has 2 N–H and O–H groups in total. The summed E-state index contributed by atoms with van der Waals surface area (Å²) in [6.45, 7) is 2.45. The van der Waals surface area contributed by atoms with Gasteiger partial charge >= 0.3 is 0 Å². The molecule has 0 aliphatic heterocycles. The van der Waals surface area contributed by atoms with Crippen molar-refractivity contribution < 1.29 is 8.42 Å². The van der Waals surface area contributed by atoms with Gasteiger partial charge in [-0.05, 0) is 24.0 Å². The van der Waals surface area contributed by atoms with Crippen LogP contribution in [-0.4, -0.2) is 37.2 Å². The standard InChI is InChI=1S/C8H15N3O2S2/c1-7(6-14-2)5-10-15(12,13)8-3-4-9-11-8/h3-4,7,10H,5-6H2,1-2H3,(H,9,11). The van der Waals surface area contributed by atoms with Crippen LogP contribution in [0.25, 0.3) is 0 Å². The lowest BCUT2D eigenvalue weighted by atomic mass is 10.2. The Kier molecular flexibility index (Phi) is 4.62. The van der Waals surface area contributed by atoms with Crippen LogP contribution < -0.4 is 4.72 Å². The van der Waals surface area contributed by atoms with Gasteiger partial charge in [-0.2, -0.15) is 16.9 Å². The van der Waals surface area contributed by atoms with Crippen molar-refractivity contribution in [3.63, 3.8) is 0 Å². The van der Waals surface area contributed by atoms with E-state index in [9.17, 15) is 8.42 Å². The highest BCUT2D eigenvalue weighted by Gasteiger charge is 2.15. The van der Waals surface area contributed by atoms with Crippen molar-refractivity contribution in [2.24, 2.45) is 5.92 Å². The summed E-state index contributed by atoms with van der Waals surface area (Å²) in [4.78, 5) is 0. The molecule has 0 fully saturated rings. The molecule has 0 aliphatic rings. The summed E-state index contributed by atoms with van der Waals surface area (Å²) in [5.74, 6) is 1.25. The molecular formula is C8H15N3O2S2. The molecule has 1 aromatic rings. The number of sulfonamides is 1. The minimum absolute atomic E-state index is 0.110. The molecule has 0 amide bonds. The number of aromatic amines is 1. The second-order valence-corrected chi connectivity index (χ2v) is 5.98. The number of hydrogen-bond donors (Lipinski definition) is 2. The lowest BCUT2D eigenvalue weighted by molar-refractivity contribution is 0.559. The molecule has 0 spiro atoms. The maximum Gasteiger partial charge on any atom is 0.257 e. The average molecular weight is 249 g/mol. The Morgan fingerprint density at radius 3 is 2.93 bits per heavy atom. The van der Waals surface area contributed by atoms with E-state index in [-0.39, 0.29) is 5.03 Å². The van der Waals surface area contributed by atoms with E-state index in [1.807, 2.05) is 13.2 Å². The van der Waals surface area contributed by atoms with E-state index in [2.05, 4.69) is 14.9 Å². The van der Waals surface area contributed by atoms with Gasteiger partial charge in [-0.15, -0.1) is 0 Å². The summed E-state index contributed by atoms with van der Waals surface area (Å²) in [7, 11) is -3.41. The Bertz CT molecular complexity index is 375. The van der Waals surface area contributed by atoms with Crippen LogP contribution in [0.4, 0.5) is 0 Å². The summed E-state index contributed by atoms with van der Waals surface area (Å²) in [6.07, 6.45) is 3.42. The maximum absolute atomic E-state index is 11.6. The molecule has 0 aromatic carbocycles. The zero-order valence-electron chi connectivity index (χ0n) is 8.73. The third-order valence-corrected chi connectivity index (χ3v) is 4.09. The van der Waals surface area contributed by atoms with Crippen LogP contribution in [-0.2, 0) is 10.0 Å². The lowest BCUT2D eigenvalue weighted by Gasteiger charge is -2.10. The molecule has 86 valence electrons. The van der Waals surface area contributed by atoms with E-state index in [4.69, 9.17) is 0 Å². The minimum Gasteiger partial charge on any atom is -0.266 e. The van der Waals surface area contributed by atoms with Crippen LogP contribution in [0.15, 0.2) is 17.3 Å². The van der Waals surface area contributed by atoms with Gasteiger partial charge in [0.2, 0.25) is 0 Å². The Hall–Kier alpha value is -0.530. The summed E-state index contributed by atoms with van der Waals surface area (Å²) >= 11 is 1.70. The highest BCUT2D eigenvalue weighted by molar-refractivity contribution is 7.98. The lowest BCUT2D eigenvalue weighted by Crippen LogP contribution is -2.29. The first-order chi connectivity index (χ1) is 7.06. The number of rotatable bonds is 6. The van der Waals surface area contributed by atoms with Gasteiger partial charge < -0.3 is 0 Å². The first-order valence-electron chi connectivity index (χ1n) is 4.54. The molecule has 1 unspecified atom stereocenters. The SMILES string of the molecule is CSCC(C)CNS(=O)(=O)c1ccn[nH]1. The van der Waals surface area contributed by atoms with Crippen molar-refractivity contribution in [1.82, 2.24) is 14.9 Å². The number of H-pyrrole nitrogens is 1. The van der Waals surface area contributed by atoms with E-state index in [0.29, 0.717) is 12.5 Å². The minimum atomic E-state index is -3.41. The summed E-state index contributed by atoms with van der Waals surface area (Å²) < 4.78 is 25.8. The normalized spacial score (nSPS) is 14.0. The third-order valence-electron chi connectivity index (χ3n) is 1.84. The van der Waals surface area contributed by atoms with Gasteiger partial charge in [0.05, 0.1) is 6.20 Å². The summed E-state index contributed by atoms with van der Waals surface area (Å²) in [6, 6.07) is 1.43. The fraction of sp³-hybridized carbons (Fsp3) is 0.625. The van der Waals surface area contributed by atoms with Crippen molar-refractivity contribution in [3.05, 3.63) is 12.3 Å². The van der Waals surface area contributed by atoms with Crippen molar-refractivity contribution in [2.45, 2.75) is 11.9 Å². The average Bonchev–Trinajstić information content (AvgIpc) is 2.69. The smallest absolute Gasteiger partial charge is 0.257 e. The highest BCUT2D eigenvalue weighted by atomic mass is 32.2. The fourth-order valence-electron chi connectivity index (χ4n) is 1.07. The van der Waals surface area contributed by atoms with E-state index in [0.717, 1.165) is 5.75 Å². The van der Waals surface area contributed by atoms with Gasteiger partial charge in [-0.25, -0.2) is 13.1 Å². The molecule has 15 heavy (non-hydrogen) atoms. The second kappa shape index (κ2) is 5.53. The molecule has 0 saturated heterocycles. The summed E-state index contributed by atoms with van der Waals surface area (Å²) in [5, 5.41) is 6.14. The van der Waals surface area contributed by atoms with Crippen molar-refractivity contribution in [3.8, 4) is 0 Å². The monoisotopic (exact) mass is 249 g/mol. The van der Waals surface area contributed by atoms with Gasteiger partial charge in [0.15, 0.2) is 5.03 Å². The first kappa shape index (κ1) is 12.5. The summed E-state index contributed by atoms with van der Waals surface area (Å²) in [5.41, 5.74) is 0. The van der Waals surface area contributed by atoms with E-state index in [1.165, 1.54) is 12.3 Å². The molecule has 0 saturated carbocycles. The van der Waals surface area contributed by atoms with E-state index in [1.54, 1.807) is 11.8 Å². The van der Waals surface area contributed by atoms with Crippen molar-refractivity contribution in [2.75, 3.05) is 18.6 Å². The Labute approximate surface area is 94.1 Å². The second-order valence-electron chi connectivity index (χ2n) is 3.33. The molecule has 7 heteroatoms. The molecule has 0 radical (unpaired) electrons. The Morgan fingerprint density at radius 2 is 2.40 bits per heavy atom. The van der Waals surface area contributed by atoms with Crippen molar-refractivity contribution in [1.29, 1.82) is 0 Å². The van der Waals surface area contributed by atoms with Gasteiger partial charge in [0, 0.05) is 6.54 Å². The van der Waals surface area contributed by atoms with Crippen LogP contribution in [0.5, 0.6) is 0 Å². The Balaban J connectivity index is 2.52. The van der Waals surface area contributed by atoms with Gasteiger partial charge in [0.1, 0.15) is 0 Å². The maximum atomic E-state index is 11.6. The Morgan fingerprint density at radius 1 is 1.67 bits per heavy atom. The number of nitrogens with one attached hydrogen (secondary N) is 2. The topological polar surface area (TPSA) is 74.8 Å². The molecule has 0 aliphatic carbocycles. The first-order valence-corrected chi connectivity index (χ1v) is 7.42. The molecule has 1 atom stereocenters. The molecule has 1 aromatic heterocycles. The largest absolute Gasteiger partial charge is 0.266 e. The molecule has 1 rings (SSSR count). The van der Waals surface area contributed by atoms with E-state index < -0.39 is 10.0 Å². The zero-order valence-corrected chi connectivity index (χ0v) is 10.4. The number of hydrogen-bond acceptors (Lipinski definition) is 4. The van der Waals surface area contributed by atoms with Gasteiger partial charge in [-0.3, -0.25) is 5.10 Å². The molecular weight excluding hydrogens is 234 g/mol. The highest BCUT2D eigenvalue weighted by Crippen LogP contribution is 2.06. The van der Waals surface area contributed by atoms with Crippen LogP contribution in [0.2, 0.25) is 0 Å². The number of aromatic nitrogens is 2. The van der Waals surface area contributed by atoms with Crippen LogP contribution in [0, 0.1) is 5.92 Å². The van der Waals surface area contributed by atoms with E-state index >= 15 is 0 Å². The number of thioether (sulfide) groups is 1. The fourth-order valence-corrected chi connectivity index (χ4v) is 2.83. The third kappa shape index (κ3) is 3.84. The van der Waals surface area contributed by atoms with Gasteiger partial charge in [0.25, 0.3) is 10.0 Å². The van der Waals surface area contributed by atoms with Gasteiger partial charge in [-0.1, -0.05) is 6.92 Å². The van der Waals surface area contributed by atoms with Crippen molar-refractivity contribution >= 4 is 21.8 Å². The van der Waals surface area contributed by atoms with Crippen LogP contribution >= 0.6 is 11.8 Å². The molecule has 0 bridgehead atoms. The number of nitrogens with zero attached hydrogens (tertiary/aromatic N) is 1. The zero-order chi connectivity index (χ0) is 11.3. The molecule has 5 nitrogen and oxygen atoms in total. The van der Waals surface area contributed by atoms with Crippen LogP contribution in [0.3, 0.4) is 0 Å². The predicted molar refractivity (Wildman–Crippen MR) is 61.3 cm³/mol. The molecule has 1 heterocycles.